The Morgan fingerprint density at radius 3 is 2.29 bits per heavy atom. The molecule has 5 heteroatoms. The molecule has 0 bridgehead atoms. The summed E-state index contributed by atoms with van der Waals surface area (Å²) >= 11 is 0. The summed E-state index contributed by atoms with van der Waals surface area (Å²) in [7, 11) is 5.22. The minimum atomic E-state index is -0.102. The van der Waals surface area contributed by atoms with Crippen molar-refractivity contribution in [3.63, 3.8) is 0 Å². The fraction of sp³-hybridized carbons (Fsp3) is 0.316. The van der Waals surface area contributed by atoms with Crippen LogP contribution in [-0.4, -0.2) is 43.7 Å². The Kier molecular flexibility index (Phi) is 6.35. The van der Waals surface area contributed by atoms with Gasteiger partial charge >= 0.3 is 0 Å². The van der Waals surface area contributed by atoms with Gasteiger partial charge in [0.2, 0.25) is 0 Å². The number of methoxy groups -OCH3 is 1. The van der Waals surface area contributed by atoms with Gasteiger partial charge in [0, 0.05) is 19.2 Å². The number of rotatable bonds is 7. The number of benzene rings is 2. The van der Waals surface area contributed by atoms with Crippen molar-refractivity contribution in [3.8, 4) is 5.75 Å². The molecule has 128 valence electrons. The molecule has 1 amide bonds. The molecule has 0 saturated heterocycles. The number of hydrogen-bond acceptors (Lipinski definition) is 4. The minimum Gasteiger partial charge on any atom is -0.497 e. The number of carbonyl (C=O) groups is 1. The van der Waals surface area contributed by atoms with Gasteiger partial charge in [0.25, 0.3) is 5.91 Å². The van der Waals surface area contributed by atoms with Crippen molar-refractivity contribution in [1.82, 2.24) is 10.2 Å². The number of carbonyl (C=O) groups excluding carboxylic acids is 1. The summed E-state index contributed by atoms with van der Waals surface area (Å²) < 4.78 is 5.17. The Morgan fingerprint density at radius 2 is 1.79 bits per heavy atom. The smallest absolute Gasteiger partial charge is 0.251 e. The predicted molar refractivity (Wildman–Crippen MR) is 94.1 cm³/mol. The van der Waals surface area contributed by atoms with Gasteiger partial charge in [0.1, 0.15) is 5.75 Å². The summed E-state index contributed by atoms with van der Waals surface area (Å²) in [6.07, 6.45) is 0. The average molecular weight is 328 g/mol. The highest BCUT2D eigenvalue weighted by molar-refractivity contribution is 5.93. The average Bonchev–Trinajstić information content (AvgIpc) is 2.63. The van der Waals surface area contributed by atoms with E-state index < -0.39 is 0 Å². The van der Waals surface area contributed by atoms with Gasteiger partial charge in [0.05, 0.1) is 19.8 Å². The van der Waals surface area contributed by atoms with Gasteiger partial charge < -0.3 is 15.2 Å². The molecule has 0 radical (unpaired) electrons. The molecule has 0 heterocycles. The molecule has 0 aliphatic carbocycles. The molecular weight excluding hydrogens is 304 g/mol. The monoisotopic (exact) mass is 328 g/mol. The first-order valence-electron chi connectivity index (χ1n) is 7.85. The summed E-state index contributed by atoms with van der Waals surface area (Å²) in [4.78, 5) is 13.7. The molecule has 2 rings (SSSR count). The largest absolute Gasteiger partial charge is 0.497 e. The number of likely N-dealkylation sites (N-methyl/N-ethyl adjacent to an activating group) is 1. The fourth-order valence-electron chi connectivity index (χ4n) is 2.63. The SMILES string of the molecule is CNC(=O)c1ccc(CN(C)[C@H](CO)c2ccc(OC)cc2)cc1. The van der Waals surface area contributed by atoms with Crippen LogP contribution < -0.4 is 10.1 Å². The first-order chi connectivity index (χ1) is 11.6. The molecule has 0 saturated carbocycles. The highest BCUT2D eigenvalue weighted by Crippen LogP contribution is 2.23. The second-order valence-corrected chi connectivity index (χ2v) is 5.66. The summed E-state index contributed by atoms with van der Waals surface area (Å²) in [6, 6.07) is 15.1. The first kappa shape index (κ1) is 18.0. The van der Waals surface area contributed by atoms with E-state index in [1.165, 1.54) is 0 Å². The number of nitrogens with zero attached hydrogens (tertiary/aromatic N) is 1. The molecule has 0 unspecified atom stereocenters. The summed E-state index contributed by atoms with van der Waals surface area (Å²) in [6.45, 7) is 0.699. The Balaban J connectivity index is 2.08. The van der Waals surface area contributed by atoms with E-state index in [1.54, 1.807) is 14.2 Å². The van der Waals surface area contributed by atoms with Crippen molar-refractivity contribution in [1.29, 1.82) is 0 Å². The minimum absolute atomic E-state index is 0.0269. The third kappa shape index (κ3) is 4.34. The molecule has 0 aliphatic heterocycles. The quantitative estimate of drug-likeness (QED) is 0.818. The maximum absolute atomic E-state index is 11.6. The zero-order valence-electron chi connectivity index (χ0n) is 14.3. The van der Waals surface area contributed by atoms with Crippen LogP contribution in [0.5, 0.6) is 5.75 Å². The predicted octanol–water partition coefficient (Wildman–Crippen LogP) is 2.22. The van der Waals surface area contributed by atoms with Crippen LogP contribution in [0.25, 0.3) is 0 Å². The van der Waals surface area contributed by atoms with Crippen molar-refractivity contribution in [2.24, 2.45) is 0 Å². The summed E-state index contributed by atoms with van der Waals surface area (Å²) in [5, 5.41) is 12.4. The molecule has 24 heavy (non-hydrogen) atoms. The van der Waals surface area contributed by atoms with E-state index in [2.05, 4.69) is 10.2 Å². The van der Waals surface area contributed by atoms with E-state index in [0.717, 1.165) is 16.9 Å². The molecule has 0 aliphatic rings. The zero-order valence-corrected chi connectivity index (χ0v) is 14.3. The molecule has 0 fully saturated rings. The third-order valence-electron chi connectivity index (χ3n) is 4.08. The van der Waals surface area contributed by atoms with Crippen LogP contribution in [0, 0.1) is 0 Å². The summed E-state index contributed by atoms with van der Waals surface area (Å²) in [5.41, 5.74) is 2.75. The van der Waals surface area contributed by atoms with Gasteiger partial charge in [-0.3, -0.25) is 9.69 Å². The van der Waals surface area contributed by atoms with Gasteiger partial charge in [0.15, 0.2) is 0 Å². The highest BCUT2D eigenvalue weighted by atomic mass is 16.5. The Bertz CT molecular complexity index is 653. The fourth-order valence-corrected chi connectivity index (χ4v) is 2.63. The lowest BCUT2D eigenvalue weighted by atomic mass is 10.0. The zero-order chi connectivity index (χ0) is 17.5. The molecular formula is C19H24N2O3. The van der Waals surface area contributed by atoms with Crippen molar-refractivity contribution in [3.05, 3.63) is 65.2 Å². The topological polar surface area (TPSA) is 61.8 Å². The number of ether oxygens (including phenoxy) is 1. The second kappa shape index (κ2) is 8.47. The maximum atomic E-state index is 11.6. The number of aliphatic hydroxyl groups excluding tert-OH is 1. The molecule has 5 nitrogen and oxygen atoms in total. The normalized spacial score (nSPS) is 12.0. The molecule has 2 N–H and O–H groups in total. The van der Waals surface area contributed by atoms with E-state index in [-0.39, 0.29) is 18.6 Å². The lowest BCUT2D eigenvalue weighted by molar-refractivity contribution is 0.0963. The Hall–Kier alpha value is -2.37. The van der Waals surface area contributed by atoms with Crippen LogP contribution in [0.3, 0.4) is 0 Å². The van der Waals surface area contributed by atoms with Gasteiger partial charge in [-0.25, -0.2) is 0 Å². The van der Waals surface area contributed by atoms with Crippen LogP contribution in [0.2, 0.25) is 0 Å². The standard InChI is InChI=1S/C19H24N2O3/c1-20-19(23)16-6-4-14(5-7-16)12-21(2)18(13-22)15-8-10-17(24-3)11-9-15/h4-11,18,22H,12-13H2,1-3H3,(H,20,23)/t18-/m1/s1. The van der Waals surface area contributed by atoms with Crippen molar-refractivity contribution in [2.45, 2.75) is 12.6 Å². The molecule has 2 aromatic rings. The van der Waals surface area contributed by atoms with Crippen LogP contribution in [0.4, 0.5) is 0 Å². The first-order valence-corrected chi connectivity index (χ1v) is 7.85. The molecule has 2 aromatic carbocycles. The number of aliphatic hydroxyl groups is 1. The van der Waals surface area contributed by atoms with Gasteiger partial charge in [-0.05, 0) is 42.4 Å². The van der Waals surface area contributed by atoms with Crippen LogP contribution in [0.15, 0.2) is 48.5 Å². The molecule has 0 spiro atoms. The summed E-state index contributed by atoms with van der Waals surface area (Å²) in [5.74, 6) is 0.698. The second-order valence-electron chi connectivity index (χ2n) is 5.66. The lowest BCUT2D eigenvalue weighted by Crippen LogP contribution is -2.27. The Labute approximate surface area is 142 Å². The van der Waals surface area contributed by atoms with E-state index in [9.17, 15) is 9.90 Å². The van der Waals surface area contributed by atoms with Crippen molar-refractivity contribution < 1.29 is 14.6 Å². The van der Waals surface area contributed by atoms with Crippen LogP contribution in [-0.2, 0) is 6.54 Å². The molecule has 1 atom stereocenters. The van der Waals surface area contributed by atoms with E-state index in [0.29, 0.717) is 12.1 Å². The van der Waals surface area contributed by atoms with Crippen molar-refractivity contribution >= 4 is 5.91 Å². The van der Waals surface area contributed by atoms with E-state index in [4.69, 9.17) is 4.74 Å². The number of hydrogen-bond donors (Lipinski definition) is 2. The molecule has 0 aromatic heterocycles. The van der Waals surface area contributed by atoms with Gasteiger partial charge in [-0.1, -0.05) is 24.3 Å². The number of amides is 1. The maximum Gasteiger partial charge on any atom is 0.251 e. The highest BCUT2D eigenvalue weighted by Gasteiger charge is 2.16. The van der Waals surface area contributed by atoms with Crippen molar-refractivity contribution in [2.75, 3.05) is 27.8 Å². The van der Waals surface area contributed by atoms with Crippen LogP contribution >= 0.6 is 0 Å². The third-order valence-corrected chi connectivity index (χ3v) is 4.08. The Morgan fingerprint density at radius 1 is 1.17 bits per heavy atom. The lowest BCUT2D eigenvalue weighted by Gasteiger charge is -2.27. The van der Waals surface area contributed by atoms with E-state index in [1.807, 2.05) is 55.6 Å². The van der Waals surface area contributed by atoms with Gasteiger partial charge in [-0.2, -0.15) is 0 Å². The number of nitrogens with one attached hydrogen (secondary N) is 1. The van der Waals surface area contributed by atoms with Crippen LogP contribution in [0.1, 0.15) is 27.5 Å². The van der Waals surface area contributed by atoms with E-state index >= 15 is 0 Å². The van der Waals surface area contributed by atoms with Gasteiger partial charge in [-0.15, -0.1) is 0 Å².